The highest BCUT2D eigenvalue weighted by Crippen LogP contribution is 2.32. The Bertz CT molecular complexity index is 1310. The van der Waals surface area contributed by atoms with Gasteiger partial charge in [0.25, 0.3) is 0 Å². The summed E-state index contributed by atoms with van der Waals surface area (Å²) in [7, 11) is 2.12. The molecule has 3 aromatic heterocycles. The Morgan fingerprint density at radius 1 is 1.15 bits per heavy atom. The number of hydrogen-bond acceptors (Lipinski definition) is 10. The molecule has 2 fully saturated rings. The van der Waals surface area contributed by atoms with Crippen molar-refractivity contribution < 1.29 is 9.21 Å². The molecule has 3 aliphatic rings. The number of aromatic nitrogens is 5. The molecule has 1 saturated heterocycles. The molecule has 3 N–H and O–H groups in total. The molecule has 12 heteroatoms. The van der Waals surface area contributed by atoms with Gasteiger partial charge >= 0.3 is 0 Å². The summed E-state index contributed by atoms with van der Waals surface area (Å²) in [5.74, 6) is 2.74. The van der Waals surface area contributed by atoms with E-state index < -0.39 is 0 Å². The number of aromatic amines is 1. The van der Waals surface area contributed by atoms with Gasteiger partial charge in [0.15, 0.2) is 16.7 Å². The zero-order valence-electron chi connectivity index (χ0n) is 22.6. The van der Waals surface area contributed by atoms with Gasteiger partial charge in [-0.05, 0) is 50.2 Å². The molecule has 2 aliphatic carbocycles. The van der Waals surface area contributed by atoms with Gasteiger partial charge in [-0.1, -0.05) is 32.1 Å². The van der Waals surface area contributed by atoms with Crippen LogP contribution in [0, 0.1) is 5.92 Å². The van der Waals surface area contributed by atoms with Crippen LogP contribution in [-0.2, 0) is 4.79 Å². The van der Waals surface area contributed by atoms with Crippen molar-refractivity contribution >= 4 is 35.4 Å². The van der Waals surface area contributed by atoms with Crippen molar-refractivity contribution in [2.24, 2.45) is 5.92 Å². The van der Waals surface area contributed by atoms with E-state index in [1.165, 1.54) is 11.8 Å². The highest BCUT2D eigenvalue weighted by Gasteiger charge is 2.30. The summed E-state index contributed by atoms with van der Waals surface area (Å²) in [6.07, 6.45) is 10.6. The van der Waals surface area contributed by atoms with Crippen molar-refractivity contribution in [1.82, 2.24) is 35.4 Å². The first-order valence-electron chi connectivity index (χ1n) is 13.5. The van der Waals surface area contributed by atoms with E-state index in [0.717, 1.165) is 56.0 Å². The van der Waals surface area contributed by atoms with Crippen LogP contribution in [0.15, 0.2) is 57.2 Å². The maximum atomic E-state index is 12.1. The number of piperazine rings is 1. The number of H-pyrrole nitrogens is 1. The second-order valence-corrected chi connectivity index (χ2v) is 10.5. The SMILES string of the molecule is CC.CN1CCN(c2nc(Nc3cc(-c4ccco4)[nH]n3)nc(SC3=CCC(NC(=O)C4CC4)C=C3)n2)CC1. The van der Waals surface area contributed by atoms with E-state index in [0.29, 0.717) is 28.6 Å². The Morgan fingerprint density at radius 2 is 1.97 bits per heavy atom. The molecule has 6 rings (SSSR count). The number of likely N-dealkylation sites (N-methyl/N-ethyl adjacent to an activating group) is 1. The van der Waals surface area contributed by atoms with E-state index in [9.17, 15) is 4.79 Å². The molecular formula is C27H35N9O2S. The smallest absolute Gasteiger partial charge is 0.234 e. The number of nitrogens with zero attached hydrogens (tertiary/aromatic N) is 6. The lowest BCUT2D eigenvalue weighted by atomic mass is 10.1. The standard InChI is InChI=1S/C25H29N9O2S.C2H6/c1-33-10-12-34(13-11-33)24-28-23(27-21-15-19(31-32-21)20-3-2-14-36-20)29-25(30-24)37-18-8-6-17(7-9-18)26-22(35)16-4-5-16;1-2/h2-3,6,8-9,14-17H,4-5,7,10-13H2,1H3,(H,26,35)(H2,27,28,29,30,31,32);1-2H3. The van der Waals surface area contributed by atoms with E-state index in [-0.39, 0.29) is 17.9 Å². The average Bonchev–Trinajstić information content (AvgIpc) is 3.47. The van der Waals surface area contributed by atoms with Gasteiger partial charge in [0.2, 0.25) is 17.8 Å². The number of amides is 1. The summed E-state index contributed by atoms with van der Waals surface area (Å²) in [4.78, 5) is 31.8. The number of hydrogen-bond donors (Lipinski definition) is 3. The Labute approximate surface area is 232 Å². The fraction of sp³-hybridized carbons (Fsp3) is 0.444. The third-order valence-electron chi connectivity index (χ3n) is 6.54. The third kappa shape index (κ3) is 7.07. The molecule has 206 valence electrons. The fourth-order valence-electron chi connectivity index (χ4n) is 4.19. The maximum Gasteiger partial charge on any atom is 0.234 e. The topological polar surface area (TPSA) is 128 Å². The van der Waals surface area contributed by atoms with Crippen LogP contribution < -0.4 is 15.5 Å². The highest BCUT2D eigenvalue weighted by atomic mass is 32.2. The summed E-state index contributed by atoms with van der Waals surface area (Å²) in [6, 6.07) is 5.59. The molecule has 0 bridgehead atoms. The first kappa shape index (κ1) is 26.9. The van der Waals surface area contributed by atoms with Crippen molar-refractivity contribution in [1.29, 1.82) is 0 Å². The second-order valence-electron chi connectivity index (χ2n) is 9.49. The van der Waals surface area contributed by atoms with Crippen LogP contribution in [0.1, 0.15) is 33.1 Å². The van der Waals surface area contributed by atoms with E-state index in [1.807, 2.05) is 44.2 Å². The quantitative estimate of drug-likeness (QED) is 0.376. The minimum atomic E-state index is 0.0389. The molecule has 4 heterocycles. The lowest BCUT2D eigenvalue weighted by molar-refractivity contribution is -0.122. The van der Waals surface area contributed by atoms with Crippen molar-refractivity contribution in [3.05, 3.63) is 47.6 Å². The first-order valence-corrected chi connectivity index (χ1v) is 14.3. The number of furan rings is 1. The van der Waals surface area contributed by atoms with E-state index >= 15 is 0 Å². The number of carbonyl (C=O) groups is 1. The number of carbonyl (C=O) groups excluding carboxylic acids is 1. The van der Waals surface area contributed by atoms with Gasteiger partial charge in [0.05, 0.1) is 12.3 Å². The molecule has 0 spiro atoms. The Hall–Kier alpha value is -3.64. The molecule has 39 heavy (non-hydrogen) atoms. The zero-order valence-corrected chi connectivity index (χ0v) is 23.4. The minimum absolute atomic E-state index is 0.0389. The lowest BCUT2D eigenvalue weighted by Crippen LogP contribution is -2.45. The number of thioether (sulfide) groups is 1. The van der Waals surface area contributed by atoms with Crippen molar-refractivity contribution in [3.63, 3.8) is 0 Å². The van der Waals surface area contributed by atoms with Crippen LogP contribution >= 0.6 is 11.8 Å². The van der Waals surface area contributed by atoms with E-state index in [2.05, 4.69) is 48.7 Å². The van der Waals surface area contributed by atoms with Crippen LogP contribution in [0.4, 0.5) is 17.7 Å². The van der Waals surface area contributed by atoms with Crippen molar-refractivity contribution in [2.45, 2.75) is 44.3 Å². The van der Waals surface area contributed by atoms with E-state index in [1.54, 1.807) is 6.26 Å². The van der Waals surface area contributed by atoms with E-state index in [4.69, 9.17) is 14.4 Å². The third-order valence-corrected chi connectivity index (χ3v) is 7.45. The van der Waals surface area contributed by atoms with Crippen molar-refractivity contribution in [2.75, 3.05) is 43.4 Å². The normalized spacial score (nSPS) is 19.2. The molecular weight excluding hydrogens is 514 g/mol. The summed E-state index contributed by atoms with van der Waals surface area (Å²) >= 11 is 1.49. The minimum Gasteiger partial charge on any atom is -0.463 e. The van der Waals surface area contributed by atoms with Crippen LogP contribution in [-0.4, -0.2) is 75.2 Å². The van der Waals surface area contributed by atoms with Gasteiger partial charge in [-0.15, -0.1) is 0 Å². The molecule has 0 aromatic carbocycles. The van der Waals surface area contributed by atoms with Crippen LogP contribution in [0.5, 0.6) is 0 Å². The molecule has 0 radical (unpaired) electrons. The lowest BCUT2D eigenvalue weighted by Gasteiger charge is -2.32. The Kier molecular flexibility index (Phi) is 8.62. The summed E-state index contributed by atoms with van der Waals surface area (Å²) in [5, 5.41) is 14.2. The molecule has 1 atom stereocenters. The largest absolute Gasteiger partial charge is 0.463 e. The number of nitrogens with one attached hydrogen (secondary N) is 3. The maximum absolute atomic E-state index is 12.1. The number of anilines is 3. The van der Waals surface area contributed by atoms with Gasteiger partial charge in [0.1, 0.15) is 5.69 Å². The molecule has 1 amide bonds. The van der Waals surface area contributed by atoms with Crippen molar-refractivity contribution in [3.8, 4) is 11.5 Å². The summed E-state index contributed by atoms with van der Waals surface area (Å²) in [5.41, 5.74) is 0.760. The predicted octanol–water partition coefficient (Wildman–Crippen LogP) is 4.21. The second kappa shape index (κ2) is 12.5. The molecule has 1 aliphatic heterocycles. The molecule has 1 saturated carbocycles. The van der Waals surface area contributed by atoms with Crippen LogP contribution in [0.25, 0.3) is 11.5 Å². The number of allylic oxidation sites excluding steroid dienone is 1. The summed E-state index contributed by atoms with van der Waals surface area (Å²) in [6.45, 7) is 7.59. The monoisotopic (exact) mass is 549 g/mol. The Morgan fingerprint density at radius 3 is 2.67 bits per heavy atom. The average molecular weight is 550 g/mol. The van der Waals surface area contributed by atoms with Gasteiger partial charge in [-0.2, -0.15) is 20.1 Å². The van der Waals surface area contributed by atoms with Crippen LogP contribution in [0.2, 0.25) is 0 Å². The Balaban J connectivity index is 0.00000151. The predicted molar refractivity (Wildman–Crippen MR) is 153 cm³/mol. The van der Waals surface area contributed by atoms with Gasteiger partial charge in [-0.3, -0.25) is 9.89 Å². The first-order chi connectivity index (χ1) is 19.1. The van der Waals surface area contributed by atoms with Gasteiger partial charge in [0, 0.05) is 43.1 Å². The van der Waals surface area contributed by atoms with Gasteiger partial charge in [-0.25, -0.2) is 0 Å². The molecule has 1 unspecified atom stereocenters. The zero-order chi connectivity index (χ0) is 27.2. The summed E-state index contributed by atoms with van der Waals surface area (Å²) < 4.78 is 5.45. The number of rotatable bonds is 8. The fourth-order valence-corrected chi connectivity index (χ4v) is 4.98. The van der Waals surface area contributed by atoms with Crippen LogP contribution in [0.3, 0.4) is 0 Å². The van der Waals surface area contributed by atoms with Gasteiger partial charge < -0.3 is 24.9 Å². The molecule has 11 nitrogen and oxygen atoms in total. The molecule has 3 aromatic rings. The highest BCUT2D eigenvalue weighted by molar-refractivity contribution is 8.03.